The van der Waals surface area contributed by atoms with E-state index in [0.717, 1.165) is 17.0 Å². The van der Waals surface area contributed by atoms with E-state index in [4.69, 9.17) is 0 Å². The first-order valence-corrected chi connectivity index (χ1v) is 7.86. The smallest absolute Gasteiger partial charge is 0.263 e. The normalized spacial score (nSPS) is 10.3. The van der Waals surface area contributed by atoms with E-state index in [0.29, 0.717) is 17.0 Å². The fraction of sp³-hybridized carbons (Fsp3) is 0.312. The monoisotopic (exact) mass is 317 g/mol. The van der Waals surface area contributed by atoms with Crippen molar-refractivity contribution < 1.29 is 9.59 Å². The number of aromatic nitrogens is 1. The highest BCUT2D eigenvalue weighted by Gasteiger charge is 2.10. The minimum absolute atomic E-state index is 0.0349. The summed E-state index contributed by atoms with van der Waals surface area (Å²) in [5.74, 6) is -0.155. The molecule has 1 aromatic carbocycles. The standard InChI is InChI=1S/C16H19N3O2S/c1-4-14-17-10-13(22-14)15(20)18-9-11-5-7-12(8-6-11)16(21)19(2)3/h5-8,10H,4,9H2,1-3H3,(H,18,20). The Hall–Kier alpha value is -2.21. The Morgan fingerprint density at radius 2 is 1.91 bits per heavy atom. The SMILES string of the molecule is CCc1ncc(C(=O)NCc2ccc(C(=O)N(C)C)cc2)s1. The largest absolute Gasteiger partial charge is 0.347 e. The molecular weight excluding hydrogens is 298 g/mol. The summed E-state index contributed by atoms with van der Waals surface area (Å²) in [7, 11) is 3.44. The maximum atomic E-state index is 12.0. The van der Waals surface area contributed by atoms with Crippen molar-refractivity contribution in [1.29, 1.82) is 0 Å². The second-order valence-electron chi connectivity index (χ2n) is 5.05. The lowest BCUT2D eigenvalue weighted by Gasteiger charge is -2.10. The van der Waals surface area contributed by atoms with E-state index in [2.05, 4.69) is 10.3 Å². The average molecular weight is 317 g/mol. The van der Waals surface area contributed by atoms with Crippen LogP contribution in [0.15, 0.2) is 30.5 Å². The summed E-state index contributed by atoms with van der Waals surface area (Å²) >= 11 is 1.41. The van der Waals surface area contributed by atoms with Crippen LogP contribution < -0.4 is 5.32 Å². The minimum Gasteiger partial charge on any atom is -0.347 e. The zero-order valence-electron chi connectivity index (χ0n) is 12.9. The van der Waals surface area contributed by atoms with Gasteiger partial charge in [-0.05, 0) is 24.1 Å². The van der Waals surface area contributed by atoms with Crippen LogP contribution >= 0.6 is 11.3 Å². The Labute approximate surface area is 134 Å². The molecular formula is C16H19N3O2S. The van der Waals surface area contributed by atoms with Crippen LogP contribution in [0.1, 0.15) is 37.5 Å². The fourth-order valence-corrected chi connectivity index (χ4v) is 2.65. The zero-order valence-corrected chi connectivity index (χ0v) is 13.7. The third-order valence-electron chi connectivity index (χ3n) is 3.14. The number of hydrogen-bond donors (Lipinski definition) is 1. The molecule has 2 rings (SSSR count). The summed E-state index contributed by atoms with van der Waals surface area (Å²) in [6.45, 7) is 2.44. The van der Waals surface area contributed by atoms with E-state index in [1.807, 2.05) is 19.1 Å². The summed E-state index contributed by atoms with van der Waals surface area (Å²) in [5.41, 5.74) is 1.58. The van der Waals surface area contributed by atoms with E-state index in [-0.39, 0.29) is 11.8 Å². The number of nitrogens with one attached hydrogen (secondary N) is 1. The van der Waals surface area contributed by atoms with Crippen molar-refractivity contribution in [2.75, 3.05) is 14.1 Å². The molecule has 0 aliphatic heterocycles. The first-order valence-electron chi connectivity index (χ1n) is 7.04. The van der Waals surface area contributed by atoms with E-state index < -0.39 is 0 Å². The van der Waals surface area contributed by atoms with E-state index in [1.165, 1.54) is 16.2 Å². The molecule has 0 aliphatic rings. The van der Waals surface area contributed by atoms with Gasteiger partial charge in [0.2, 0.25) is 0 Å². The number of amides is 2. The van der Waals surface area contributed by atoms with Gasteiger partial charge in [-0.15, -0.1) is 11.3 Å². The highest BCUT2D eigenvalue weighted by atomic mass is 32.1. The molecule has 0 saturated heterocycles. The summed E-state index contributed by atoms with van der Waals surface area (Å²) in [6, 6.07) is 7.24. The van der Waals surface area contributed by atoms with Crippen LogP contribution in [0.25, 0.3) is 0 Å². The predicted octanol–water partition coefficient (Wildman–Crippen LogP) is 2.34. The van der Waals surface area contributed by atoms with Gasteiger partial charge < -0.3 is 10.2 Å². The molecule has 0 atom stereocenters. The average Bonchev–Trinajstić information content (AvgIpc) is 3.01. The topological polar surface area (TPSA) is 62.3 Å². The Bertz CT molecular complexity index is 662. The van der Waals surface area contributed by atoms with Crippen molar-refractivity contribution in [3.8, 4) is 0 Å². The van der Waals surface area contributed by atoms with Crippen molar-refractivity contribution in [2.24, 2.45) is 0 Å². The number of thiazole rings is 1. The number of hydrogen-bond acceptors (Lipinski definition) is 4. The molecule has 22 heavy (non-hydrogen) atoms. The van der Waals surface area contributed by atoms with Crippen molar-refractivity contribution in [3.63, 3.8) is 0 Å². The van der Waals surface area contributed by atoms with Gasteiger partial charge in [-0.2, -0.15) is 0 Å². The second-order valence-corrected chi connectivity index (χ2v) is 6.17. The number of carbonyl (C=O) groups is 2. The van der Waals surface area contributed by atoms with Gasteiger partial charge in [0.05, 0.1) is 11.2 Å². The molecule has 0 unspecified atom stereocenters. The third-order valence-corrected chi connectivity index (χ3v) is 4.28. The number of aryl methyl sites for hydroxylation is 1. The summed E-state index contributed by atoms with van der Waals surface area (Å²) in [6.07, 6.45) is 2.44. The highest BCUT2D eigenvalue weighted by molar-refractivity contribution is 7.13. The Morgan fingerprint density at radius 1 is 1.23 bits per heavy atom. The van der Waals surface area contributed by atoms with Crippen LogP contribution in [0.5, 0.6) is 0 Å². The van der Waals surface area contributed by atoms with Gasteiger partial charge in [-0.1, -0.05) is 19.1 Å². The summed E-state index contributed by atoms with van der Waals surface area (Å²) in [5, 5.41) is 3.82. The molecule has 6 heteroatoms. The molecule has 116 valence electrons. The molecule has 1 heterocycles. The van der Waals surface area contributed by atoms with Gasteiger partial charge in [-0.3, -0.25) is 9.59 Å². The number of nitrogens with zero attached hydrogens (tertiary/aromatic N) is 2. The van der Waals surface area contributed by atoms with E-state index in [1.54, 1.807) is 32.4 Å². The lowest BCUT2D eigenvalue weighted by Crippen LogP contribution is -2.23. The van der Waals surface area contributed by atoms with Gasteiger partial charge in [0.1, 0.15) is 4.88 Å². The lowest BCUT2D eigenvalue weighted by molar-refractivity contribution is 0.0827. The Balaban J connectivity index is 1.94. The van der Waals surface area contributed by atoms with Gasteiger partial charge in [0, 0.05) is 26.2 Å². The maximum absolute atomic E-state index is 12.0. The molecule has 0 bridgehead atoms. The lowest BCUT2D eigenvalue weighted by atomic mass is 10.1. The van der Waals surface area contributed by atoms with Crippen LogP contribution in [0, 0.1) is 0 Å². The maximum Gasteiger partial charge on any atom is 0.263 e. The van der Waals surface area contributed by atoms with Crippen molar-refractivity contribution >= 4 is 23.2 Å². The van der Waals surface area contributed by atoms with Crippen LogP contribution in [0.2, 0.25) is 0 Å². The molecule has 2 aromatic rings. The molecule has 0 aliphatic carbocycles. The molecule has 0 saturated carbocycles. The number of carbonyl (C=O) groups excluding carboxylic acids is 2. The third kappa shape index (κ3) is 3.92. The minimum atomic E-state index is -0.120. The molecule has 2 amide bonds. The van der Waals surface area contributed by atoms with Crippen LogP contribution in [-0.4, -0.2) is 35.8 Å². The van der Waals surface area contributed by atoms with Crippen molar-refractivity contribution in [3.05, 3.63) is 51.5 Å². The Kier molecular flexibility index (Phi) is 5.27. The number of benzene rings is 1. The molecule has 1 aromatic heterocycles. The van der Waals surface area contributed by atoms with Gasteiger partial charge in [-0.25, -0.2) is 4.98 Å². The molecule has 0 fully saturated rings. The van der Waals surface area contributed by atoms with Crippen molar-refractivity contribution in [2.45, 2.75) is 19.9 Å². The van der Waals surface area contributed by atoms with Crippen LogP contribution in [-0.2, 0) is 13.0 Å². The zero-order chi connectivity index (χ0) is 16.1. The highest BCUT2D eigenvalue weighted by Crippen LogP contribution is 2.13. The predicted molar refractivity (Wildman–Crippen MR) is 87.1 cm³/mol. The molecule has 0 spiro atoms. The van der Waals surface area contributed by atoms with Crippen LogP contribution in [0.3, 0.4) is 0 Å². The molecule has 1 N–H and O–H groups in total. The van der Waals surface area contributed by atoms with Gasteiger partial charge in [0.25, 0.3) is 11.8 Å². The Morgan fingerprint density at radius 3 is 2.45 bits per heavy atom. The first-order chi connectivity index (χ1) is 10.5. The summed E-state index contributed by atoms with van der Waals surface area (Å²) in [4.78, 5) is 30.1. The van der Waals surface area contributed by atoms with Gasteiger partial charge in [0.15, 0.2) is 0 Å². The van der Waals surface area contributed by atoms with Gasteiger partial charge >= 0.3 is 0 Å². The first kappa shape index (κ1) is 16.2. The quantitative estimate of drug-likeness (QED) is 0.920. The molecule has 0 radical (unpaired) electrons. The van der Waals surface area contributed by atoms with Crippen LogP contribution in [0.4, 0.5) is 0 Å². The van der Waals surface area contributed by atoms with Crippen molar-refractivity contribution in [1.82, 2.24) is 15.2 Å². The summed E-state index contributed by atoms with van der Waals surface area (Å²) < 4.78 is 0. The molecule has 5 nitrogen and oxygen atoms in total. The van der Waals surface area contributed by atoms with E-state index in [9.17, 15) is 9.59 Å². The second kappa shape index (κ2) is 7.17. The fourth-order valence-electron chi connectivity index (χ4n) is 1.87. The van der Waals surface area contributed by atoms with E-state index >= 15 is 0 Å². The number of rotatable bonds is 5.